The molecule has 0 heterocycles. The van der Waals surface area contributed by atoms with Crippen LogP contribution in [0.25, 0.3) is 0 Å². The second kappa shape index (κ2) is 4.35. The van der Waals surface area contributed by atoms with E-state index in [-0.39, 0.29) is 5.70 Å². The van der Waals surface area contributed by atoms with Crippen LogP contribution >= 0.6 is 0 Å². The van der Waals surface area contributed by atoms with E-state index >= 15 is 0 Å². The lowest BCUT2D eigenvalue weighted by Crippen LogP contribution is -2.39. The molecule has 68 valence electrons. The van der Waals surface area contributed by atoms with Gasteiger partial charge in [0.05, 0.1) is 5.70 Å². The van der Waals surface area contributed by atoms with Crippen molar-refractivity contribution in [3.8, 4) is 0 Å². The van der Waals surface area contributed by atoms with Crippen molar-refractivity contribution in [3.63, 3.8) is 0 Å². The molecular weight excluding hydrogens is 158 g/mol. The third-order valence-electron chi connectivity index (χ3n) is 1.35. The van der Waals surface area contributed by atoms with Gasteiger partial charge in [-0.15, -0.1) is 0 Å². The van der Waals surface area contributed by atoms with Crippen LogP contribution in [0.2, 0.25) is 0 Å². The second-order valence-electron chi connectivity index (χ2n) is 2.14. The lowest BCUT2D eigenvalue weighted by atomic mass is 10.2. The highest BCUT2D eigenvalue weighted by Gasteiger charge is 2.12. The maximum absolute atomic E-state index is 10.7. The maximum atomic E-state index is 10.7. The highest BCUT2D eigenvalue weighted by Crippen LogP contribution is 1.97. The molecule has 0 aliphatic heterocycles. The first-order chi connectivity index (χ1) is 5.54. The fraction of sp³-hybridized carbons (Fsp3) is 0.333. The summed E-state index contributed by atoms with van der Waals surface area (Å²) >= 11 is 0. The van der Waals surface area contributed by atoms with Crippen LogP contribution in [0.4, 0.5) is 0 Å². The quantitative estimate of drug-likeness (QED) is 0.153. The van der Waals surface area contributed by atoms with Crippen molar-refractivity contribution in [3.05, 3.63) is 11.4 Å². The average Bonchev–Trinajstić information content (AvgIpc) is 2.12. The summed E-state index contributed by atoms with van der Waals surface area (Å²) in [4.78, 5) is 10.7. The molecular formula is C6H13N5O. The van der Waals surface area contributed by atoms with Gasteiger partial charge in [0.25, 0.3) is 5.91 Å². The van der Waals surface area contributed by atoms with E-state index in [0.29, 0.717) is 12.1 Å². The molecule has 0 saturated heterocycles. The Morgan fingerprint density at radius 1 is 1.50 bits per heavy atom. The van der Waals surface area contributed by atoms with Gasteiger partial charge in [-0.3, -0.25) is 15.6 Å². The van der Waals surface area contributed by atoms with Gasteiger partial charge in [-0.1, -0.05) is 6.92 Å². The Hall–Kier alpha value is -1.56. The molecule has 0 aromatic carbocycles. The monoisotopic (exact) mass is 171 g/mol. The van der Waals surface area contributed by atoms with Crippen molar-refractivity contribution in [2.45, 2.75) is 13.3 Å². The molecule has 0 aromatic heterocycles. The Labute approximate surface area is 70.3 Å². The minimum atomic E-state index is -0.746. The number of rotatable bonds is 3. The number of nitrogens with two attached hydrogens (primary N) is 3. The lowest BCUT2D eigenvalue weighted by Gasteiger charge is -2.05. The Bertz CT molecular complexity index is 232. The molecule has 1 amide bonds. The van der Waals surface area contributed by atoms with E-state index in [1.54, 1.807) is 12.3 Å². The Morgan fingerprint density at radius 2 is 2.00 bits per heavy atom. The molecule has 0 aromatic rings. The van der Waals surface area contributed by atoms with E-state index in [4.69, 9.17) is 22.7 Å². The molecule has 0 aliphatic carbocycles. The summed E-state index contributed by atoms with van der Waals surface area (Å²) in [6.07, 6.45) is 0.492. The first kappa shape index (κ1) is 10.4. The summed E-state index contributed by atoms with van der Waals surface area (Å²) in [7, 11) is 0. The van der Waals surface area contributed by atoms with Crippen LogP contribution in [-0.4, -0.2) is 11.6 Å². The zero-order valence-corrected chi connectivity index (χ0v) is 6.85. The zero-order chi connectivity index (χ0) is 9.72. The van der Waals surface area contributed by atoms with Crippen LogP contribution < -0.4 is 22.7 Å². The number of amides is 1. The van der Waals surface area contributed by atoms with Gasteiger partial charge in [-0.05, 0) is 6.42 Å². The van der Waals surface area contributed by atoms with Gasteiger partial charge in [-0.25, -0.2) is 5.84 Å². The highest BCUT2D eigenvalue weighted by molar-refractivity contribution is 6.43. The van der Waals surface area contributed by atoms with Crippen molar-refractivity contribution >= 4 is 11.6 Å². The molecule has 12 heavy (non-hydrogen) atoms. The van der Waals surface area contributed by atoms with Crippen molar-refractivity contribution in [2.24, 2.45) is 17.3 Å². The van der Waals surface area contributed by atoms with Crippen molar-refractivity contribution in [1.29, 1.82) is 5.41 Å². The van der Waals surface area contributed by atoms with Crippen LogP contribution in [-0.2, 0) is 4.79 Å². The summed E-state index contributed by atoms with van der Waals surface area (Å²) in [6, 6.07) is 0. The molecule has 0 unspecified atom stereocenters. The number of carbonyl (C=O) groups excluding carboxylic acids is 1. The molecule has 0 atom stereocenters. The molecule has 0 aliphatic rings. The molecule has 0 bridgehead atoms. The van der Waals surface area contributed by atoms with E-state index in [1.165, 1.54) is 0 Å². The van der Waals surface area contributed by atoms with Crippen LogP contribution in [0.15, 0.2) is 11.4 Å². The molecule has 0 spiro atoms. The third-order valence-corrected chi connectivity index (χ3v) is 1.35. The standard InChI is InChI=1S/C6H13N5O/c1-2-3(7)4(8)5(9)6(12)11-10/h9H,2,7-8,10H2,1H3,(H,11,12)/b4-3-,9-5?. The van der Waals surface area contributed by atoms with Gasteiger partial charge in [0, 0.05) is 5.70 Å². The Morgan fingerprint density at radius 3 is 2.33 bits per heavy atom. The minimum Gasteiger partial charge on any atom is -0.400 e. The highest BCUT2D eigenvalue weighted by atomic mass is 16.2. The average molecular weight is 171 g/mol. The van der Waals surface area contributed by atoms with Crippen molar-refractivity contribution in [1.82, 2.24) is 5.43 Å². The normalized spacial score (nSPS) is 11.8. The second-order valence-corrected chi connectivity index (χ2v) is 2.14. The molecule has 0 rings (SSSR count). The van der Waals surface area contributed by atoms with Gasteiger partial charge in [0.15, 0.2) is 0 Å². The summed E-state index contributed by atoms with van der Waals surface area (Å²) < 4.78 is 0. The fourth-order valence-electron chi connectivity index (χ4n) is 0.545. The predicted octanol–water partition coefficient (Wildman–Crippen LogP) is -1.46. The Balaban J connectivity index is 4.60. The van der Waals surface area contributed by atoms with Gasteiger partial charge in [-0.2, -0.15) is 0 Å². The van der Waals surface area contributed by atoms with E-state index in [1.807, 2.05) is 0 Å². The summed E-state index contributed by atoms with van der Waals surface area (Å²) in [5.41, 5.74) is 12.4. The van der Waals surface area contributed by atoms with Crippen molar-refractivity contribution < 1.29 is 4.79 Å². The largest absolute Gasteiger partial charge is 0.400 e. The van der Waals surface area contributed by atoms with Gasteiger partial charge in [0.1, 0.15) is 5.71 Å². The summed E-state index contributed by atoms with van der Waals surface area (Å²) in [6.45, 7) is 1.77. The van der Waals surface area contributed by atoms with Gasteiger partial charge < -0.3 is 11.5 Å². The fourth-order valence-corrected chi connectivity index (χ4v) is 0.545. The molecule has 0 radical (unpaired) electrons. The van der Waals surface area contributed by atoms with E-state index in [2.05, 4.69) is 0 Å². The van der Waals surface area contributed by atoms with Crippen molar-refractivity contribution in [2.75, 3.05) is 0 Å². The lowest BCUT2D eigenvalue weighted by molar-refractivity contribution is -0.114. The predicted molar refractivity (Wildman–Crippen MR) is 45.7 cm³/mol. The number of hydrogen-bond donors (Lipinski definition) is 5. The maximum Gasteiger partial charge on any atom is 0.285 e. The number of carbonyl (C=O) groups is 1. The molecule has 6 nitrogen and oxygen atoms in total. The molecule has 0 saturated carbocycles. The number of nitrogens with one attached hydrogen (secondary N) is 2. The minimum absolute atomic E-state index is 0.0274. The topological polar surface area (TPSA) is 131 Å². The van der Waals surface area contributed by atoms with E-state index in [0.717, 1.165) is 0 Å². The first-order valence-corrected chi connectivity index (χ1v) is 3.38. The Kier molecular flexibility index (Phi) is 3.78. The zero-order valence-electron chi connectivity index (χ0n) is 6.85. The number of hydrazine groups is 1. The molecule has 6 heteroatoms. The SMILES string of the molecule is CC/C(N)=C(/N)C(=N)C(=O)NN. The van der Waals surface area contributed by atoms with Gasteiger partial charge in [0.2, 0.25) is 0 Å². The van der Waals surface area contributed by atoms with Crippen LogP contribution in [0.5, 0.6) is 0 Å². The molecule has 0 fully saturated rings. The number of allylic oxidation sites excluding steroid dienone is 1. The smallest absolute Gasteiger partial charge is 0.285 e. The third kappa shape index (κ3) is 2.24. The van der Waals surface area contributed by atoms with E-state index in [9.17, 15) is 4.79 Å². The van der Waals surface area contributed by atoms with E-state index < -0.39 is 11.6 Å². The van der Waals surface area contributed by atoms with Crippen LogP contribution in [0.3, 0.4) is 0 Å². The first-order valence-electron chi connectivity index (χ1n) is 3.38. The summed E-state index contributed by atoms with van der Waals surface area (Å²) in [5.74, 6) is 4.05. The van der Waals surface area contributed by atoms with Gasteiger partial charge >= 0.3 is 0 Å². The molecule has 8 N–H and O–H groups in total. The summed E-state index contributed by atoms with van der Waals surface area (Å²) in [5, 5.41) is 7.18. The van der Waals surface area contributed by atoms with Crippen LogP contribution in [0.1, 0.15) is 13.3 Å². The van der Waals surface area contributed by atoms with Crippen LogP contribution in [0, 0.1) is 5.41 Å². The number of hydrogen-bond acceptors (Lipinski definition) is 5.